The normalized spacial score (nSPS) is 14.1. The van der Waals surface area contributed by atoms with Crippen molar-refractivity contribution in [3.8, 4) is 11.5 Å². The summed E-state index contributed by atoms with van der Waals surface area (Å²) < 4.78 is 13.0. The molecule has 17 heteroatoms. The quantitative estimate of drug-likeness (QED) is 0.0571. The van der Waals surface area contributed by atoms with E-state index in [9.17, 15) is 0 Å². The van der Waals surface area contributed by atoms with Gasteiger partial charge in [0.1, 0.15) is 20.6 Å². The van der Waals surface area contributed by atoms with Gasteiger partial charge in [-0.3, -0.25) is 0 Å². The fourth-order valence-electron chi connectivity index (χ4n) is 17.9. The zero-order valence-electron chi connectivity index (χ0n) is 92.7. The van der Waals surface area contributed by atoms with Crippen molar-refractivity contribution in [2.45, 2.75) is 497 Å². The molecule has 3 unspecified atom stereocenters. The molecule has 0 saturated heterocycles. The van der Waals surface area contributed by atoms with Gasteiger partial charge in [0.05, 0.1) is 128 Å². The standard InChI is InChI=1S/C25H45P2.C24H43P2.C22H39O2P2.C21H37P2.C18H31P2.5Ir/c1-19-14-20(17-26(22(2,3)4)23(5,6)7)16-21(15-19)18-27(24(8,9)10)25(11,12)13;1-21(2,3)25(22(4,5)6)17-19-14-13-15-20(16-19)18-26(23(7,8)9)24(10,11)12;1-19(2,3)25(20(4,5)6)23-17-14-13-15-18(16-17)24-26(21(7,8)9)22(10,11)12;1-19(2,3)22(10)15-17-12-11-13-18(14-17)16-23(20(4,5)6)21(7,8)9;1-17(2,3)19(7)13-15-10-9-11-16(12-15)14-20(8)18(4,5)6;;;;;/h14-15H,17-18H2,1-13H3;13-15H,17-18H2,1-12H3;13-15H,1-12H3;11-13H,15-16H2,1-10H3;9-11H,13-14H2,1-8H3;;;;;/q5*-1;;;;;/p+10. The topological polar surface area (TPSA) is 18.5 Å². The fourth-order valence-corrected chi connectivity index (χ4v) is 47.7. The fraction of sp³-hybridized carbons (Fsp3) is 0.727. The van der Waals surface area contributed by atoms with Crippen LogP contribution in [0.1, 0.15) is 403 Å². The van der Waals surface area contributed by atoms with Crippen LogP contribution < -0.4 is 9.05 Å². The first-order valence-electron chi connectivity index (χ1n) is 46.9. The van der Waals surface area contributed by atoms with E-state index < -0.39 is 55.9 Å². The molecule has 0 aliphatic rings. The molecule has 0 spiro atoms. The zero-order chi connectivity index (χ0) is 96.1. The summed E-state index contributed by atoms with van der Waals surface area (Å²) >= 11 is 0. The van der Waals surface area contributed by atoms with Crippen LogP contribution in [-0.4, -0.2) is 108 Å². The molecule has 747 valence electrons. The summed E-state index contributed by atoms with van der Waals surface area (Å²) in [5.74, 6) is 1.62. The van der Waals surface area contributed by atoms with Crippen molar-refractivity contribution in [3.63, 3.8) is 0 Å². The van der Waals surface area contributed by atoms with Crippen LogP contribution >= 0.6 is 79.7 Å². The number of rotatable bonds is 20. The van der Waals surface area contributed by atoms with Gasteiger partial charge in [-0.1, -0.05) is 13.0 Å². The molecule has 2 nitrogen and oxygen atoms in total. The van der Waals surface area contributed by atoms with Crippen molar-refractivity contribution in [2.24, 2.45) is 0 Å². The molecule has 0 N–H and O–H groups in total. The summed E-state index contributed by atoms with van der Waals surface area (Å²) in [5, 5.41) is 5.97. The monoisotopic (exact) mass is 2830 g/mol. The van der Waals surface area contributed by atoms with Crippen molar-refractivity contribution in [1.29, 1.82) is 0 Å². The molecule has 127 heavy (non-hydrogen) atoms. The largest absolute Gasteiger partial charge is 0.378 e. The molecule has 5 aromatic rings. The molecule has 0 saturated carbocycles. The zero-order valence-corrected chi connectivity index (χ0v) is 115. The maximum absolute atomic E-state index is 6.51. The van der Waals surface area contributed by atoms with Crippen molar-refractivity contribution in [2.75, 3.05) is 20.0 Å². The third-order valence-corrected chi connectivity index (χ3v) is 62.4. The molecule has 0 amide bonds. The smallest absolute Gasteiger partial charge is 0.185 e. The Balaban J connectivity index is -0.000000485. The summed E-state index contributed by atoms with van der Waals surface area (Å²) in [4.78, 5) is 0. The summed E-state index contributed by atoms with van der Waals surface area (Å²) in [7, 11) is -6.06. The Morgan fingerprint density at radius 2 is 0.346 bits per heavy atom. The first kappa shape index (κ1) is 139. The van der Waals surface area contributed by atoms with Gasteiger partial charge in [0.2, 0.25) is 0 Å². The minimum absolute atomic E-state index is 0. The van der Waals surface area contributed by atoms with E-state index in [1.807, 2.05) is 18.2 Å². The average Bonchev–Trinajstić information content (AvgIpc) is 0.859. The minimum atomic E-state index is -1.11. The van der Waals surface area contributed by atoms with Crippen molar-refractivity contribution in [3.05, 3.63) is 165 Å². The van der Waals surface area contributed by atoms with E-state index >= 15 is 0 Å². The van der Waals surface area contributed by atoms with Gasteiger partial charge in [-0.15, -0.1) is 56.6 Å². The van der Waals surface area contributed by atoms with Crippen molar-refractivity contribution in [1.82, 2.24) is 0 Å². The average molecular weight is 2830 g/mol. The van der Waals surface area contributed by atoms with E-state index in [4.69, 9.17) is 9.05 Å². The van der Waals surface area contributed by atoms with E-state index in [1.165, 1.54) is 99.4 Å². The summed E-state index contributed by atoms with van der Waals surface area (Å²) in [6.07, 6.45) is 9.82. The third-order valence-electron chi connectivity index (χ3n) is 23.9. The second kappa shape index (κ2) is 54.6. The van der Waals surface area contributed by atoms with Gasteiger partial charge < -0.3 is 9.05 Å². The second-order valence-electron chi connectivity index (χ2n) is 54.0. The van der Waals surface area contributed by atoms with Crippen LogP contribution in [0.5, 0.6) is 11.5 Å². The van der Waals surface area contributed by atoms with Crippen LogP contribution in [0.25, 0.3) is 0 Å². The molecule has 0 aliphatic heterocycles. The molecule has 0 heterocycles. The number of hydrogen-bond donors (Lipinski definition) is 0. The first-order chi connectivity index (χ1) is 53.9. The number of benzene rings is 5. The maximum atomic E-state index is 6.51. The summed E-state index contributed by atoms with van der Waals surface area (Å²) in [5.41, 5.74) is 12.9. The Kier molecular flexibility index (Phi) is 59.7. The van der Waals surface area contributed by atoms with Crippen molar-refractivity contribution < 1.29 is 110 Å². The number of hydrogen-bond acceptors (Lipinski definition) is 2. The molecule has 3 atom stereocenters. The predicted octanol–water partition coefficient (Wildman–Crippen LogP) is 36.9. The Morgan fingerprint density at radius 1 is 0.197 bits per heavy atom. The number of aryl methyl sites for hydroxylation is 1. The Bertz CT molecular complexity index is 3510. The van der Waals surface area contributed by atoms with E-state index in [0.717, 1.165) is 11.5 Å². The van der Waals surface area contributed by atoms with Crippen LogP contribution in [-0.2, 0) is 150 Å². The Morgan fingerprint density at radius 3 is 0.504 bits per heavy atom. The van der Waals surface area contributed by atoms with E-state index in [0.29, 0.717) is 67.0 Å². The van der Waals surface area contributed by atoms with Gasteiger partial charge in [0.25, 0.3) is 0 Å². The molecule has 0 fully saturated rings. The van der Waals surface area contributed by atoms with Crippen LogP contribution in [0.15, 0.2) is 84.9 Å². The van der Waals surface area contributed by atoms with Crippen LogP contribution in [0, 0.1) is 37.3 Å². The summed E-state index contributed by atoms with van der Waals surface area (Å²) in [6.45, 7) is 131. The van der Waals surface area contributed by atoms with Gasteiger partial charge in [0, 0.05) is 184 Å². The third kappa shape index (κ3) is 53.8. The second-order valence-corrected chi connectivity index (χ2v) is 93.5. The Hall–Kier alpha value is 3.25. The minimum Gasteiger partial charge on any atom is -0.378 e. The van der Waals surface area contributed by atoms with E-state index in [2.05, 4.69) is 477 Å². The molecular weight excluding hydrogens is 2620 g/mol. The van der Waals surface area contributed by atoms with Crippen LogP contribution in [0.2, 0.25) is 0 Å². The van der Waals surface area contributed by atoms with Gasteiger partial charge >= 0.3 is 0 Å². The van der Waals surface area contributed by atoms with Gasteiger partial charge in [-0.05, 0) is 353 Å². The van der Waals surface area contributed by atoms with E-state index in [1.54, 1.807) is 0 Å². The van der Waals surface area contributed by atoms with E-state index in [-0.39, 0.29) is 145 Å². The molecule has 5 rings (SSSR count). The summed E-state index contributed by atoms with van der Waals surface area (Å²) in [6, 6.07) is 49.9. The van der Waals surface area contributed by atoms with Gasteiger partial charge in [-0.25, -0.2) is 0 Å². The Labute approximate surface area is 874 Å². The molecule has 5 aromatic carbocycles. The molecule has 5 radical (unpaired) electrons. The molecule has 0 bridgehead atoms. The molecular formula is C110H205Ir5O2P10+5. The predicted molar refractivity (Wildman–Crippen MR) is 599 cm³/mol. The van der Waals surface area contributed by atoms with Gasteiger partial charge in [-0.2, -0.15) is 103 Å². The van der Waals surface area contributed by atoms with Crippen molar-refractivity contribution >= 4 is 79.7 Å². The first-order valence-corrected chi connectivity index (χ1v) is 64.8. The SMILES string of the molecule is CC(C)(C)[PH+](Cc1[c-]c(C[PH+](C(C)(C)C)C(C)(C)C)ccc1)C(C)(C)C.CC(C)(C)[PH+](Oc1[c-]c(O[PH+](C(C)(C)C)C(C)(C)C)ccc1)C(C)(C)C.C[PH+](Cc1[c-]c(C[PH+](C(C)(C)C)C(C)(C)C)ccc1)C(C)(C)C.C[PH+](Cc1[c-]c(C[PH+](C)C(C)(C)C)ccc1)C(C)(C)C.Cc1cc(C[PH+](C(C)(C)C)C(C)(C)C)[c-]c(C[PH+](C(C)(C)C)C(C)(C)C)c1.[Ir].[Ir].[Ir].[Ir].[Ir]. The maximum Gasteiger partial charge on any atom is 0.185 e. The molecule has 0 aliphatic carbocycles. The van der Waals surface area contributed by atoms with Crippen LogP contribution in [0.4, 0.5) is 0 Å². The molecule has 0 aromatic heterocycles. The van der Waals surface area contributed by atoms with Crippen LogP contribution in [0.3, 0.4) is 0 Å². The van der Waals surface area contributed by atoms with Gasteiger partial charge in [0.15, 0.2) is 16.3 Å².